The number of aliphatic hydroxyl groups excluding tert-OH is 1. The van der Waals surface area contributed by atoms with Crippen LogP contribution in [-0.2, 0) is 19.1 Å². The zero-order valence-electron chi connectivity index (χ0n) is 21.2. The Morgan fingerprint density at radius 3 is 2.72 bits per heavy atom. The summed E-state index contributed by atoms with van der Waals surface area (Å²) >= 11 is 0. The van der Waals surface area contributed by atoms with Crippen LogP contribution in [0, 0.1) is 28.6 Å². The van der Waals surface area contributed by atoms with E-state index in [1.165, 1.54) is 12.2 Å². The van der Waals surface area contributed by atoms with Crippen LogP contribution in [0.3, 0.4) is 0 Å². The molecule has 0 aromatic rings. The van der Waals surface area contributed by atoms with E-state index in [-0.39, 0.29) is 42.8 Å². The maximum Gasteiger partial charge on any atom is 0.348 e. The molecule has 5 aliphatic rings. The van der Waals surface area contributed by atoms with E-state index in [0.717, 1.165) is 31.3 Å². The van der Waals surface area contributed by atoms with Crippen molar-refractivity contribution in [3.05, 3.63) is 23.8 Å². The molecule has 1 aliphatic heterocycles. The molecule has 0 amide bonds. The van der Waals surface area contributed by atoms with Crippen molar-refractivity contribution < 1.29 is 29.3 Å². The van der Waals surface area contributed by atoms with Crippen LogP contribution in [0.4, 0.5) is 0 Å². The van der Waals surface area contributed by atoms with Crippen LogP contribution in [-0.4, -0.2) is 50.6 Å². The Morgan fingerprint density at radius 2 is 2.00 bits per heavy atom. The summed E-state index contributed by atoms with van der Waals surface area (Å²) in [6.07, 6.45) is 11.5. The number of carbonyl (C=O) groups excluding carboxylic acids is 2. The van der Waals surface area contributed by atoms with Gasteiger partial charge in [-0.3, -0.25) is 9.59 Å². The number of ketones is 1. The molecule has 8 heteroatoms. The highest BCUT2D eigenvalue weighted by atomic mass is 33.1. The van der Waals surface area contributed by atoms with Gasteiger partial charge in [0, 0.05) is 34.2 Å². The van der Waals surface area contributed by atoms with Crippen LogP contribution < -0.4 is 0 Å². The molecule has 0 unspecified atom stereocenters. The summed E-state index contributed by atoms with van der Waals surface area (Å²) in [5.74, 6) is -0.259. The van der Waals surface area contributed by atoms with Crippen molar-refractivity contribution >= 4 is 39.3 Å². The molecule has 4 aliphatic carbocycles. The van der Waals surface area contributed by atoms with Gasteiger partial charge in [0.05, 0.1) is 6.10 Å². The number of carbonyl (C=O) groups is 3. The van der Waals surface area contributed by atoms with Crippen molar-refractivity contribution in [3.8, 4) is 0 Å². The summed E-state index contributed by atoms with van der Waals surface area (Å²) in [5, 5.41) is 22.6. The third-order valence-electron chi connectivity index (χ3n) is 10.1. The van der Waals surface area contributed by atoms with Gasteiger partial charge in [-0.1, -0.05) is 53.5 Å². The average Bonchev–Trinajstić information content (AvgIpc) is 3.43. The van der Waals surface area contributed by atoms with Crippen molar-refractivity contribution in [1.82, 2.24) is 0 Å². The predicted octanol–water partition coefficient (Wildman–Crippen LogP) is 5.35. The first-order valence-electron chi connectivity index (χ1n) is 13.5. The van der Waals surface area contributed by atoms with Crippen molar-refractivity contribution in [2.75, 3.05) is 5.75 Å². The van der Waals surface area contributed by atoms with Crippen LogP contribution in [0.1, 0.15) is 78.1 Å². The number of carboxylic acids is 1. The van der Waals surface area contributed by atoms with Crippen LogP contribution >= 0.6 is 21.6 Å². The minimum atomic E-state index is -1.60. The van der Waals surface area contributed by atoms with E-state index in [1.807, 2.05) is 34.6 Å². The van der Waals surface area contributed by atoms with Gasteiger partial charge >= 0.3 is 11.9 Å². The van der Waals surface area contributed by atoms with E-state index < -0.39 is 34.5 Å². The van der Waals surface area contributed by atoms with Crippen LogP contribution in [0.5, 0.6) is 0 Å². The lowest BCUT2D eigenvalue weighted by molar-refractivity contribution is -0.209. The Labute approximate surface area is 221 Å². The predicted molar refractivity (Wildman–Crippen MR) is 141 cm³/mol. The normalized spacial score (nSPS) is 43.4. The van der Waals surface area contributed by atoms with Crippen LogP contribution in [0.15, 0.2) is 23.8 Å². The smallest absolute Gasteiger partial charge is 0.348 e. The van der Waals surface area contributed by atoms with Crippen molar-refractivity contribution in [2.45, 2.75) is 95.0 Å². The molecule has 5 rings (SSSR count). The van der Waals surface area contributed by atoms with E-state index >= 15 is 0 Å². The molecule has 3 saturated carbocycles. The number of hydrogen-bond acceptors (Lipinski definition) is 7. The number of aliphatic hydroxyl groups is 1. The summed E-state index contributed by atoms with van der Waals surface area (Å²) in [6, 6.07) is 0. The minimum Gasteiger partial charge on any atom is -0.478 e. The van der Waals surface area contributed by atoms with E-state index in [9.17, 15) is 24.6 Å². The lowest BCUT2D eigenvalue weighted by Gasteiger charge is -2.59. The highest BCUT2D eigenvalue weighted by Crippen LogP contribution is 2.67. The van der Waals surface area contributed by atoms with Gasteiger partial charge in [-0.05, 0) is 75.4 Å². The zero-order chi connectivity index (χ0) is 25.7. The van der Waals surface area contributed by atoms with Gasteiger partial charge in [0.2, 0.25) is 5.60 Å². The number of fused-ring (bicyclic) bond motifs is 5. The number of carboxylic acid groups (broad SMARTS) is 1. The number of aliphatic carboxylic acids is 1. The second-order valence-corrected chi connectivity index (χ2v) is 14.7. The highest BCUT2D eigenvalue weighted by molar-refractivity contribution is 8.77. The number of ether oxygens (including phenoxy) is 1. The second kappa shape index (κ2) is 9.81. The first-order valence-corrected chi connectivity index (χ1v) is 15.8. The van der Waals surface area contributed by atoms with E-state index in [0.29, 0.717) is 18.1 Å². The van der Waals surface area contributed by atoms with Gasteiger partial charge in [0.1, 0.15) is 0 Å². The standard InChI is InChI=1S/C28H38O6S2/c1-26-12-9-18(29)15-17(26)7-8-20-21-10-13-28(25(32)33,27(21,2)16-22(30)24(20)26)34-23(31)6-4-3-5-19-11-14-35-36-19/h9,12,15,19-22,24,30H,3-8,10-11,13-14,16H2,1-2H3,(H,32,33)/t19-,20+,21+,22+,24-,26+,27+,28+/m1/s1. The number of hydrogen-bond donors (Lipinski definition) is 2. The number of unbranched alkanes of at least 4 members (excludes halogenated alkanes) is 1. The largest absolute Gasteiger partial charge is 0.478 e. The summed E-state index contributed by atoms with van der Waals surface area (Å²) < 4.78 is 5.95. The monoisotopic (exact) mass is 534 g/mol. The molecular weight excluding hydrogens is 496 g/mol. The Balaban J connectivity index is 1.32. The molecule has 1 saturated heterocycles. The van der Waals surface area contributed by atoms with Crippen molar-refractivity contribution in [1.29, 1.82) is 0 Å². The maximum atomic E-state index is 12.9. The Bertz CT molecular complexity index is 987. The van der Waals surface area contributed by atoms with Gasteiger partial charge in [-0.15, -0.1) is 0 Å². The molecular formula is C28H38O6S2. The number of allylic oxidation sites excluding steroid dienone is 4. The van der Waals surface area contributed by atoms with Gasteiger partial charge < -0.3 is 14.9 Å². The summed E-state index contributed by atoms with van der Waals surface area (Å²) in [6.45, 7) is 4.03. The fraction of sp³-hybridized carbons (Fsp3) is 0.750. The molecule has 0 spiro atoms. The molecule has 0 bridgehead atoms. The lowest BCUT2D eigenvalue weighted by Crippen LogP contribution is -2.62. The summed E-state index contributed by atoms with van der Waals surface area (Å²) in [5.41, 5.74) is -1.77. The van der Waals surface area contributed by atoms with Gasteiger partial charge in [0.25, 0.3) is 0 Å². The number of rotatable bonds is 7. The molecule has 2 N–H and O–H groups in total. The third kappa shape index (κ3) is 4.19. The first-order chi connectivity index (χ1) is 17.1. The highest BCUT2D eigenvalue weighted by Gasteiger charge is 2.71. The molecule has 1 heterocycles. The maximum absolute atomic E-state index is 12.9. The van der Waals surface area contributed by atoms with Gasteiger partial charge in [-0.25, -0.2) is 4.79 Å². The molecule has 4 fully saturated rings. The fourth-order valence-corrected chi connectivity index (χ4v) is 11.4. The van der Waals surface area contributed by atoms with E-state index in [2.05, 4.69) is 6.92 Å². The van der Waals surface area contributed by atoms with Crippen LogP contribution in [0.2, 0.25) is 0 Å². The average molecular weight is 535 g/mol. The molecule has 36 heavy (non-hydrogen) atoms. The van der Waals surface area contributed by atoms with Crippen molar-refractivity contribution in [2.24, 2.45) is 28.6 Å². The first kappa shape index (κ1) is 26.4. The fourth-order valence-electron chi connectivity index (χ4n) is 8.33. The SMILES string of the molecule is C[C@]12C=CC(=O)C=C1CC[C@@H]1[C@@H]2[C@@H](O)C[C@@]2(C)[C@H]1CC[C@]2(OC(=O)CCCC[C@@H]1CCSS1)C(=O)O. The summed E-state index contributed by atoms with van der Waals surface area (Å²) in [7, 11) is 3.85. The minimum absolute atomic E-state index is 0.00498. The lowest BCUT2D eigenvalue weighted by atomic mass is 9.46. The molecule has 0 aromatic heterocycles. The Kier molecular flexibility index (Phi) is 7.18. The zero-order valence-corrected chi connectivity index (χ0v) is 22.9. The quantitative estimate of drug-likeness (QED) is 0.256. The van der Waals surface area contributed by atoms with E-state index in [1.54, 1.807) is 12.2 Å². The van der Waals surface area contributed by atoms with E-state index in [4.69, 9.17) is 4.74 Å². The summed E-state index contributed by atoms with van der Waals surface area (Å²) in [4.78, 5) is 37.8. The van der Waals surface area contributed by atoms with Gasteiger partial charge in [0.15, 0.2) is 5.78 Å². The molecule has 6 nitrogen and oxygen atoms in total. The molecule has 198 valence electrons. The van der Waals surface area contributed by atoms with Gasteiger partial charge in [-0.2, -0.15) is 0 Å². The molecule has 0 aromatic carbocycles. The molecule has 8 atom stereocenters. The van der Waals surface area contributed by atoms with Crippen LogP contribution in [0.25, 0.3) is 0 Å². The van der Waals surface area contributed by atoms with Crippen molar-refractivity contribution in [3.63, 3.8) is 0 Å². The Hall–Kier alpha value is -1.25. The second-order valence-electron chi connectivity index (χ2n) is 11.9. The Morgan fingerprint density at radius 1 is 1.19 bits per heavy atom. The number of esters is 1. The third-order valence-corrected chi connectivity index (χ3v) is 13.1. The topological polar surface area (TPSA) is 101 Å². The molecule has 0 radical (unpaired) electrons.